The van der Waals surface area contributed by atoms with Gasteiger partial charge in [-0.05, 0) is 18.2 Å². The van der Waals surface area contributed by atoms with Crippen LogP contribution < -0.4 is 10.5 Å². The lowest BCUT2D eigenvalue weighted by molar-refractivity contribution is -0.116. The SMILES string of the molecule is NS(=O)(=O)c1cc(Cl)c(NC(=O)Cn2cccn2)c(Cl)c1. The fourth-order valence-electron chi connectivity index (χ4n) is 1.55. The van der Waals surface area contributed by atoms with Gasteiger partial charge in [0.15, 0.2) is 0 Å². The maximum atomic E-state index is 11.8. The van der Waals surface area contributed by atoms with E-state index in [0.717, 1.165) is 12.1 Å². The smallest absolute Gasteiger partial charge is 0.246 e. The Morgan fingerprint density at radius 2 is 1.95 bits per heavy atom. The van der Waals surface area contributed by atoms with E-state index in [1.54, 1.807) is 12.3 Å². The minimum Gasteiger partial charge on any atom is -0.322 e. The standard InChI is InChI=1S/C11H10Cl2N4O3S/c12-8-4-7(21(14,19)20)5-9(13)11(8)16-10(18)6-17-3-1-2-15-17/h1-5H,6H2,(H,16,18)(H2,14,19,20). The third kappa shape index (κ3) is 3.94. The highest BCUT2D eigenvalue weighted by Gasteiger charge is 2.16. The number of aromatic nitrogens is 2. The molecule has 21 heavy (non-hydrogen) atoms. The van der Waals surface area contributed by atoms with Gasteiger partial charge in [0.1, 0.15) is 6.54 Å². The number of hydrogen-bond acceptors (Lipinski definition) is 4. The van der Waals surface area contributed by atoms with Gasteiger partial charge < -0.3 is 5.32 Å². The van der Waals surface area contributed by atoms with E-state index in [1.165, 1.54) is 10.9 Å². The van der Waals surface area contributed by atoms with Crippen molar-refractivity contribution in [2.24, 2.45) is 5.14 Å². The number of nitrogens with one attached hydrogen (secondary N) is 1. The molecule has 10 heteroatoms. The number of amides is 1. The summed E-state index contributed by atoms with van der Waals surface area (Å²) in [6.45, 7) is -0.0312. The normalized spacial score (nSPS) is 11.4. The Morgan fingerprint density at radius 1 is 1.33 bits per heavy atom. The van der Waals surface area contributed by atoms with E-state index in [1.807, 2.05) is 0 Å². The molecule has 0 saturated carbocycles. The number of sulfonamides is 1. The predicted octanol–water partition coefficient (Wildman–Crippen LogP) is 1.48. The van der Waals surface area contributed by atoms with Crippen molar-refractivity contribution in [3.63, 3.8) is 0 Å². The Hall–Kier alpha value is -1.61. The summed E-state index contributed by atoms with van der Waals surface area (Å²) in [5, 5.41) is 11.3. The van der Waals surface area contributed by atoms with Crippen molar-refractivity contribution >= 4 is 44.8 Å². The molecule has 0 unspecified atom stereocenters. The third-order valence-electron chi connectivity index (χ3n) is 2.47. The highest BCUT2D eigenvalue weighted by molar-refractivity contribution is 7.89. The quantitative estimate of drug-likeness (QED) is 0.872. The summed E-state index contributed by atoms with van der Waals surface area (Å²) in [4.78, 5) is 11.6. The Labute approximate surface area is 130 Å². The van der Waals surface area contributed by atoms with Crippen molar-refractivity contribution < 1.29 is 13.2 Å². The van der Waals surface area contributed by atoms with Crippen molar-refractivity contribution in [3.8, 4) is 0 Å². The molecule has 0 aliphatic carbocycles. The Kier molecular flexibility index (Phi) is 4.52. The van der Waals surface area contributed by atoms with Gasteiger partial charge in [0.2, 0.25) is 15.9 Å². The lowest BCUT2D eigenvalue weighted by Crippen LogP contribution is -2.20. The predicted molar refractivity (Wildman–Crippen MR) is 78.7 cm³/mol. The number of carbonyl (C=O) groups excluding carboxylic acids is 1. The second kappa shape index (κ2) is 6.02. The van der Waals surface area contributed by atoms with Gasteiger partial charge in [0.25, 0.3) is 0 Å². The number of nitrogens with two attached hydrogens (primary N) is 1. The molecule has 2 rings (SSSR count). The van der Waals surface area contributed by atoms with Crippen LogP contribution in [0.2, 0.25) is 10.0 Å². The Bertz CT molecular complexity index is 752. The van der Waals surface area contributed by atoms with Crippen molar-refractivity contribution in [2.75, 3.05) is 5.32 Å². The molecular weight excluding hydrogens is 339 g/mol. The molecule has 1 amide bonds. The maximum Gasteiger partial charge on any atom is 0.246 e. The van der Waals surface area contributed by atoms with Crippen LogP contribution in [0.5, 0.6) is 0 Å². The number of benzene rings is 1. The van der Waals surface area contributed by atoms with Gasteiger partial charge >= 0.3 is 0 Å². The minimum absolute atomic E-state index is 0.0275. The molecule has 3 N–H and O–H groups in total. The highest BCUT2D eigenvalue weighted by Crippen LogP contribution is 2.33. The van der Waals surface area contributed by atoms with Gasteiger partial charge in [-0.3, -0.25) is 9.48 Å². The number of rotatable bonds is 4. The van der Waals surface area contributed by atoms with Gasteiger partial charge in [0, 0.05) is 12.4 Å². The monoisotopic (exact) mass is 348 g/mol. The summed E-state index contributed by atoms with van der Waals surface area (Å²) in [6, 6.07) is 3.91. The van der Waals surface area contributed by atoms with Gasteiger partial charge in [-0.15, -0.1) is 0 Å². The summed E-state index contributed by atoms with van der Waals surface area (Å²) in [7, 11) is -3.93. The molecule has 1 heterocycles. The van der Waals surface area contributed by atoms with E-state index < -0.39 is 15.9 Å². The summed E-state index contributed by atoms with van der Waals surface area (Å²) in [6.07, 6.45) is 3.15. The van der Waals surface area contributed by atoms with Crippen molar-refractivity contribution in [1.29, 1.82) is 0 Å². The molecule has 0 spiro atoms. The molecular formula is C11H10Cl2N4O3S. The molecule has 2 aromatic rings. The van der Waals surface area contributed by atoms with E-state index in [4.69, 9.17) is 28.3 Å². The van der Waals surface area contributed by atoms with Crippen LogP contribution >= 0.6 is 23.2 Å². The van der Waals surface area contributed by atoms with Crippen molar-refractivity contribution in [3.05, 3.63) is 40.6 Å². The molecule has 0 saturated heterocycles. The number of anilines is 1. The lowest BCUT2D eigenvalue weighted by atomic mass is 10.3. The van der Waals surface area contributed by atoms with Crippen LogP contribution in [0.4, 0.5) is 5.69 Å². The topological polar surface area (TPSA) is 107 Å². The summed E-state index contributed by atoms with van der Waals surface area (Å²) < 4.78 is 23.9. The average Bonchev–Trinajstić information content (AvgIpc) is 2.85. The number of nitrogens with zero attached hydrogens (tertiary/aromatic N) is 2. The van der Waals surface area contributed by atoms with E-state index in [-0.39, 0.29) is 27.2 Å². The van der Waals surface area contributed by atoms with Gasteiger partial charge in [-0.25, -0.2) is 13.6 Å². The van der Waals surface area contributed by atoms with E-state index in [9.17, 15) is 13.2 Å². The highest BCUT2D eigenvalue weighted by atomic mass is 35.5. The number of halogens is 2. The Morgan fingerprint density at radius 3 is 2.43 bits per heavy atom. The molecule has 0 radical (unpaired) electrons. The zero-order valence-electron chi connectivity index (χ0n) is 10.5. The molecule has 0 bridgehead atoms. The van der Waals surface area contributed by atoms with Gasteiger partial charge in [-0.1, -0.05) is 23.2 Å². The molecule has 112 valence electrons. The lowest BCUT2D eigenvalue weighted by Gasteiger charge is -2.11. The Balaban J connectivity index is 2.23. The summed E-state index contributed by atoms with van der Waals surface area (Å²) in [5.74, 6) is -0.411. The zero-order valence-corrected chi connectivity index (χ0v) is 12.8. The first-order valence-electron chi connectivity index (χ1n) is 5.56. The fourth-order valence-corrected chi connectivity index (χ4v) is 2.83. The second-order valence-electron chi connectivity index (χ2n) is 4.06. The van der Waals surface area contributed by atoms with Crippen molar-refractivity contribution in [2.45, 2.75) is 11.4 Å². The van der Waals surface area contributed by atoms with Crippen LogP contribution in [0.3, 0.4) is 0 Å². The molecule has 1 aromatic heterocycles. The van der Waals surface area contributed by atoms with Crippen molar-refractivity contribution in [1.82, 2.24) is 9.78 Å². The first-order chi connectivity index (χ1) is 9.77. The average molecular weight is 349 g/mol. The summed E-state index contributed by atoms with van der Waals surface area (Å²) >= 11 is 11.9. The molecule has 0 fully saturated rings. The third-order valence-corrected chi connectivity index (χ3v) is 3.96. The van der Waals surface area contributed by atoms with E-state index in [2.05, 4.69) is 10.4 Å². The second-order valence-corrected chi connectivity index (χ2v) is 6.43. The number of carbonyl (C=O) groups is 1. The van der Waals surface area contributed by atoms with Crippen LogP contribution in [0.1, 0.15) is 0 Å². The molecule has 1 aromatic carbocycles. The van der Waals surface area contributed by atoms with Crippen LogP contribution in [0.15, 0.2) is 35.5 Å². The van der Waals surface area contributed by atoms with E-state index >= 15 is 0 Å². The fraction of sp³-hybridized carbons (Fsp3) is 0.0909. The van der Waals surface area contributed by atoms with E-state index in [0.29, 0.717) is 0 Å². The number of hydrogen-bond donors (Lipinski definition) is 2. The summed E-state index contributed by atoms with van der Waals surface area (Å²) in [5.41, 5.74) is 0.114. The molecule has 0 aliphatic heterocycles. The largest absolute Gasteiger partial charge is 0.322 e. The first kappa shape index (κ1) is 15.8. The van der Waals surface area contributed by atoms with Gasteiger partial charge in [-0.2, -0.15) is 5.10 Å². The molecule has 0 atom stereocenters. The number of primary sulfonamides is 1. The van der Waals surface area contributed by atoms with Gasteiger partial charge in [0.05, 0.1) is 20.6 Å². The maximum absolute atomic E-state index is 11.8. The zero-order chi connectivity index (χ0) is 15.6. The van der Waals surface area contributed by atoms with Crippen LogP contribution in [-0.4, -0.2) is 24.1 Å². The first-order valence-corrected chi connectivity index (χ1v) is 7.87. The van der Waals surface area contributed by atoms with Crippen LogP contribution in [0, 0.1) is 0 Å². The molecule has 0 aliphatic rings. The molecule has 7 nitrogen and oxygen atoms in total. The van der Waals surface area contributed by atoms with Crippen LogP contribution in [0.25, 0.3) is 0 Å². The minimum atomic E-state index is -3.93. The van der Waals surface area contributed by atoms with Crippen LogP contribution in [-0.2, 0) is 21.4 Å².